The highest BCUT2D eigenvalue weighted by atomic mass is 35.6. The van der Waals surface area contributed by atoms with Gasteiger partial charge in [-0.05, 0) is 48.4 Å². The summed E-state index contributed by atoms with van der Waals surface area (Å²) in [7, 11) is 1.63. The van der Waals surface area contributed by atoms with Gasteiger partial charge in [0, 0.05) is 35.7 Å². The number of piperidine rings is 1. The molecule has 1 aliphatic carbocycles. The van der Waals surface area contributed by atoms with E-state index >= 15 is 0 Å². The molecule has 5 rings (SSSR count). The highest BCUT2D eigenvalue weighted by Gasteiger charge is 2.49. The third kappa shape index (κ3) is 4.46. The number of methoxy groups -OCH3 is 1. The maximum absolute atomic E-state index is 12.8. The van der Waals surface area contributed by atoms with E-state index in [9.17, 15) is 14.9 Å². The fraction of sp³-hybridized carbons (Fsp3) is 0.400. The lowest BCUT2D eigenvalue weighted by Crippen LogP contribution is -2.55. The molecule has 2 aromatic carbocycles. The first-order valence-corrected chi connectivity index (χ1v) is 12.6. The third-order valence-corrected chi connectivity index (χ3v) is 7.79. The average molecular weight is 553 g/mol. The molecule has 1 unspecified atom stereocenters. The number of benzene rings is 2. The number of nitrogens with zero attached hydrogens (tertiary/aromatic N) is 2. The first-order valence-electron chi connectivity index (χ1n) is 11.5. The van der Waals surface area contributed by atoms with E-state index in [2.05, 4.69) is 11.1 Å². The largest absolute Gasteiger partial charge is 0.497 e. The number of amides is 1. The molecule has 1 amide bonds. The zero-order chi connectivity index (χ0) is 25.7. The number of ether oxygens (including phenoxy) is 2. The predicted octanol–water partition coefficient (Wildman–Crippen LogP) is 5.95. The minimum absolute atomic E-state index is 0.0319. The Bertz CT molecular complexity index is 1340. The molecule has 11 heteroatoms. The Morgan fingerprint density at radius 1 is 1.28 bits per heavy atom. The van der Waals surface area contributed by atoms with Crippen LogP contribution < -0.4 is 4.74 Å². The number of nitro benzene ring substituents is 1. The standard InChI is InChI=1S/C25H24Cl3N3O5/c1-35-17-5-2-4-15(10-17)24-8-9-30(23(32)36-14-25(26,27)28)13-16(24)11-19-18-6-3-7-21(31(33)34)22(18)29-20(19)12-24/h2-7,10,16,29H,8-9,11-14H2,1H3/t16?,24-/m1/s1. The highest BCUT2D eigenvalue weighted by Crippen LogP contribution is 2.50. The van der Waals surface area contributed by atoms with Crippen molar-refractivity contribution in [3.8, 4) is 5.75 Å². The minimum atomic E-state index is -1.69. The van der Waals surface area contributed by atoms with Crippen LogP contribution in [-0.4, -0.2) is 51.5 Å². The van der Waals surface area contributed by atoms with E-state index in [4.69, 9.17) is 44.3 Å². The number of non-ortho nitro benzene ring substituents is 1. The molecular formula is C25H24Cl3N3O5. The summed E-state index contributed by atoms with van der Waals surface area (Å²) >= 11 is 17.3. The highest BCUT2D eigenvalue weighted by molar-refractivity contribution is 6.67. The number of nitrogens with one attached hydrogen (secondary N) is 1. The lowest BCUT2D eigenvalue weighted by Gasteiger charge is -2.50. The zero-order valence-electron chi connectivity index (χ0n) is 19.4. The molecule has 2 aliphatic rings. The minimum Gasteiger partial charge on any atom is -0.497 e. The second-order valence-corrected chi connectivity index (χ2v) is 11.9. The van der Waals surface area contributed by atoms with Crippen LogP contribution in [0.4, 0.5) is 10.5 Å². The molecule has 2 atom stereocenters. The maximum Gasteiger partial charge on any atom is 0.409 e. The molecule has 0 bridgehead atoms. The number of halogens is 3. The van der Waals surface area contributed by atoms with Gasteiger partial charge in [0.2, 0.25) is 3.79 Å². The Morgan fingerprint density at radius 3 is 2.78 bits per heavy atom. The number of hydrogen-bond acceptors (Lipinski definition) is 5. The van der Waals surface area contributed by atoms with Crippen LogP contribution in [0.15, 0.2) is 42.5 Å². The average Bonchev–Trinajstić information content (AvgIpc) is 3.22. The molecule has 190 valence electrons. The predicted molar refractivity (Wildman–Crippen MR) is 138 cm³/mol. The monoisotopic (exact) mass is 551 g/mol. The number of aromatic amines is 1. The van der Waals surface area contributed by atoms with Crippen molar-refractivity contribution in [3.63, 3.8) is 0 Å². The molecule has 1 aliphatic heterocycles. The molecule has 0 saturated carbocycles. The number of aromatic nitrogens is 1. The number of H-pyrrole nitrogens is 1. The van der Waals surface area contributed by atoms with Crippen LogP contribution in [0.5, 0.6) is 5.75 Å². The van der Waals surface area contributed by atoms with Gasteiger partial charge in [0.05, 0.1) is 12.0 Å². The van der Waals surface area contributed by atoms with Gasteiger partial charge in [-0.3, -0.25) is 10.1 Å². The van der Waals surface area contributed by atoms with Gasteiger partial charge in [0.25, 0.3) is 5.69 Å². The zero-order valence-corrected chi connectivity index (χ0v) is 21.7. The van der Waals surface area contributed by atoms with Crippen molar-refractivity contribution in [2.24, 2.45) is 5.92 Å². The van der Waals surface area contributed by atoms with Crippen LogP contribution in [-0.2, 0) is 23.0 Å². The third-order valence-electron chi connectivity index (χ3n) is 7.46. The lowest BCUT2D eigenvalue weighted by molar-refractivity contribution is -0.383. The molecule has 1 saturated heterocycles. The fourth-order valence-electron chi connectivity index (χ4n) is 5.79. The quantitative estimate of drug-likeness (QED) is 0.245. The van der Waals surface area contributed by atoms with E-state index in [1.54, 1.807) is 18.1 Å². The molecule has 1 aromatic heterocycles. The van der Waals surface area contributed by atoms with Crippen molar-refractivity contribution in [2.45, 2.75) is 28.5 Å². The number of alkyl halides is 3. The number of carbonyl (C=O) groups excluding carboxylic acids is 1. The van der Waals surface area contributed by atoms with E-state index in [0.29, 0.717) is 37.9 Å². The number of fused-ring (bicyclic) bond motifs is 4. The van der Waals surface area contributed by atoms with E-state index < -0.39 is 9.89 Å². The topological polar surface area (TPSA) is 97.7 Å². The van der Waals surface area contributed by atoms with Crippen LogP contribution in [0.3, 0.4) is 0 Å². The van der Waals surface area contributed by atoms with Crippen LogP contribution in [0, 0.1) is 16.0 Å². The Hall–Kier alpha value is -2.68. The summed E-state index contributed by atoms with van der Waals surface area (Å²) in [4.78, 5) is 29.1. The second kappa shape index (κ2) is 9.32. The summed E-state index contributed by atoms with van der Waals surface area (Å²) in [5.41, 5.74) is 3.44. The summed E-state index contributed by atoms with van der Waals surface area (Å²) in [6.45, 7) is 0.563. The second-order valence-electron chi connectivity index (χ2n) is 9.37. The van der Waals surface area contributed by atoms with Crippen LogP contribution >= 0.6 is 34.8 Å². The number of hydrogen-bond donors (Lipinski definition) is 1. The number of rotatable bonds is 4. The van der Waals surface area contributed by atoms with E-state index in [-0.39, 0.29) is 28.6 Å². The fourth-order valence-corrected chi connectivity index (χ4v) is 5.95. The van der Waals surface area contributed by atoms with Gasteiger partial charge >= 0.3 is 6.09 Å². The molecule has 0 spiro atoms. The summed E-state index contributed by atoms with van der Waals surface area (Å²) in [5.74, 6) is 0.785. The Balaban J connectivity index is 1.55. The first-order chi connectivity index (χ1) is 17.1. The molecule has 2 heterocycles. The van der Waals surface area contributed by atoms with Gasteiger partial charge < -0.3 is 19.4 Å². The van der Waals surface area contributed by atoms with Crippen molar-refractivity contribution in [1.29, 1.82) is 0 Å². The number of carbonyl (C=O) groups is 1. The number of para-hydroxylation sites is 1. The van der Waals surface area contributed by atoms with Crippen LogP contribution in [0.1, 0.15) is 23.2 Å². The van der Waals surface area contributed by atoms with E-state index in [1.165, 1.54) is 6.07 Å². The van der Waals surface area contributed by atoms with Crippen molar-refractivity contribution in [1.82, 2.24) is 9.88 Å². The summed E-state index contributed by atoms with van der Waals surface area (Å²) in [6, 6.07) is 13.1. The van der Waals surface area contributed by atoms with Crippen molar-refractivity contribution < 1.29 is 19.2 Å². The van der Waals surface area contributed by atoms with Gasteiger partial charge in [0.1, 0.15) is 17.9 Å². The summed E-state index contributed by atoms with van der Waals surface area (Å²) < 4.78 is 9.07. The van der Waals surface area contributed by atoms with Crippen LogP contribution in [0.25, 0.3) is 10.9 Å². The van der Waals surface area contributed by atoms with Crippen molar-refractivity contribution in [2.75, 3.05) is 26.8 Å². The molecule has 36 heavy (non-hydrogen) atoms. The van der Waals surface area contributed by atoms with Crippen molar-refractivity contribution in [3.05, 3.63) is 69.4 Å². The first kappa shape index (κ1) is 25.0. The summed E-state index contributed by atoms with van der Waals surface area (Å²) in [6.07, 6.45) is 1.44. The van der Waals surface area contributed by atoms with Crippen molar-refractivity contribution >= 4 is 57.5 Å². The van der Waals surface area contributed by atoms with E-state index in [1.807, 2.05) is 24.3 Å². The Morgan fingerprint density at radius 2 is 2.06 bits per heavy atom. The Kier molecular flexibility index (Phi) is 6.47. The van der Waals surface area contributed by atoms with Gasteiger partial charge in [-0.1, -0.05) is 59.1 Å². The smallest absolute Gasteiger partial charge is 0.409 e. The van der Waals surface area contributed by atoms with Crippen LogP contribution in [0.2, 0.25) is 0 Å². The summed E-state index contributed by atoms with van der Waals surface area (Å²) in [5, 5.41) is 12.5. The SMILES string of the molecule is COc1cccc([C@]23CCN(C(=O)OCC(Cl)(Cl)Cl)CC2Cc2c([nH]c4c([N+](=O)[O-])cccc24)C3)c1. The lowest BCUT2D eigenvalue weighted by atomic mass is 9.59. The van der Waals surface area contributed by atoms with Gasteiger partial charge in [0.15, 0.2) is 0 Å². The van der Waals surface area contributed by atoms with Gasteiger partial charge in [-0.25, -0.2) is 4.79 Å². The van der Waals surface area contributed by atoms with E-state index in [0.717, 1.165) is 28.0 Å². The molecular weight excluding hydrogens is 529 g/mol. The number of nitro groups is 1. The normalized spacial score (nSPS) is 21.6. The molecule has 1 N–H and O–H groups in total. The molecule has 8 nitrogen and oxygen atoms in total. The Labute approximate surface area is 222 Å². The maximum atomic E-state index is 12.8. The molecule has 0 radical (unpaired) electrons. The van der Waals surface area contributed by atoms with Gasteiger partial charge in [-0.15, -0.1) is 0 Å². The molecule has 1 fully saturated rings. The van der Waals surface area contributed by atoms with Gasteiger partial charge in [-0.2, -0.15) is 0 Å². The number of likely N-dealkylation sites (tertiary alicyclic amines) is 1. The molecule has 3 aromatic rings.